The predicted molar refractivity (Wildman–Crippen MR) is 65.6 cm³/mol. The quantitative estimate of drug-likeness (QED) is 0.726. The summed E-state index contributed by atoms with van der Waals surface area (Å²) in [6.07, 6.45) is 1.21. The van der Waals surface area contributed by atoms with Gasteiger partial charge >= 0.3 is 5.97 Å². The average molecular weight is 270 g/mol. The van der Waals surface area contributed by atoms with Gasteiger partial charge in [-0.1, -0.05) is 12.1 Å². The highest BCUT2D eigenvalue weighted by atomic mass is 32.2. The SMILES string of the molecule is NS(=O)(=O)c1ccccc1NCC1(C(=O)O)CC1. The van der Waals surface area contributed by atoms with E-state index >= 15 is 0 Å². The zero-order valence-corrected chi connectivity index (χ0v) is 10.4. The summed E-state index contributed by atoms with van der Waals surface area (Å²) in [5.41, 5.74) is -0.418. The van der Waals surface area contributed by atoms with Crippen LogP contribution >= 0.6 is 0 Å². The summed E-state index contributed by atoms with van der Waals surface area (Å²) >= 11 is 0. The molecule has 1 fully saturated rings. The van der Waals surface area contributed by atoms with E-state index in [0.717, 1.165) is 0 Å². The van der Waals surface area contributed by atoms with E-state index < -0.39 is 21.4 Å². The molecule has 18 heavy (non-hydrogen) atoms. The number of nitrogens with two attached hydrogens (primary N) is 1. The topological polar surface area (TPSA) is 109 Å². The fraction of sp³-hybridized carbons (Fsp3) is 0.364. The van der Waals surface area contributed by atoms with Crippen molar-refractivity contribution in [3.8, 4) is 0 Å². The van der Waals surface area contributed by atoms with Gasteiger partial charge in [-0.25, -0.2) is 13.6 Å². The Bertz CT molecular complexity index is 578. The molecule has 4 N–H and O–H groups in total. The van der Waals surface area contributed by atoms with Gasteiger partial charge in [-0.15, -0.1) is 0 Å². The van der Waals surface area contributed by atoms with Gasteiger partial charge in [0.05, 0.1) is 11.1 Å². The Morgan fingerprint density at radius 3 is 2.50 bits per heavy atom. The standard InChI is InChI=1S/C11H14N2O4S/c12-18(16,17)9-4-2-1-3-8(9)13-7-11(5-6-11)10(14)15/h1-4,13H,5-7H2,(H,14,15)(H2,12,16,17). The summed E-state index contributed by atoms with van der Waals surface area (Å²) in [4.78, 5) is 11.0. The van der Waals surface area contributed by atoms with E-state index in [-0.39, 0.29) is 11.4 Å². The second kappa shape index (κ2) is 4.25. The fourth-order valence-corrected chi connectivity index (χ4v) is 2.46. The number of para-hydroxylation sites is 1. The van der Waals surface area contributed by atoms with Crippen LogP contribution in [-0.2, 0) is 14.8 Å². The highest BCUT2D eigenvalue weighted by Gasteiger charge is 2.50. The van der Waals surface area contributed by atoms with Crippen molar-refractivity contribution in [1.29, 1.82) is 0 Å². The normalized spacial score (nSPS) is 17.2. The molecule has 98 valence electrons. The second-order valence-corrected chi connectivity index (χ2v) is 6.01. The molecule has 0 aliphatic heterocycles. The molecule has 1 aromatic carbocycles. The van der Waals surface area contributed by atoms with Gasteiger partial charge in [0.1, 0.15) is 4.90 Å². The van der Waals surface area contributed by atoms with Crippen LogP contribution in [0.3, 0.4) is 0 Å². The average Bonchev–Trinajstić information content (AvgIpc) is 3.06. The number of nitrogens with one attached hydrogen (secondary N) is 1. The lowest BCUT2D eigenvalue weighted by Crippen LogP contribution is -2.25. The molecule has 1 aromatic rings. The molecule has 0 unspecified atom stereocenters. The lowest BCUT2D eigenvalue weighted by atomic mass is 10.1. The van der Waals surface area contributed by atoms with Gasteiger partial charge in [0.2, 0.25) is 10.0 Å². The number of primary sulfonamides is 1. The van der Waals surface area contributed by atoms with Gasteiger partial charge in [-0.05, 0) is 25.0 Å². The van der Waals surface area contributed by atoms with E-state index in [1.54, 1.807) is 18.2 Å². The van der Waals surface area contributed by atoms with Crippen LogP contribution in [-0.4, -0.2) is 26.0 Å². The van der Waals surface area contributed by atoms with Crippen molar-refractivity contribution in [2.45, 2.75) is 17.7 Å². The summed E-state index contributed by atoms with van der Waals surface area (Å²) in [6.45, 7) is 0.203. The number of carboxylic acid groups (broad SMARTS) is 1. The molecule has 0 amide bonds. The molecule has 1 aliphatic carbocycles. The summed E-state index contributed by atoms with van der Waals surface area (Å²) in [5, 5.41) is 17.0. The number of anilines is 1. The maximum atomic E-state index is 11.3. The first-order valence-electron chi connectivity index (χ1n) is 5.44. The summed E-state index contributed by atoms with van der Waals surface area (Å²) < 4.78 is 22.7. The number of carbonyl (C=O) groups is 1. The van der Waals surface area contributed by atoms with E-state index in [0.29, 0.717) is 18.5 Å². The molecule has 1 saturated carbocycles. The largest absolute Gasteiger partial charge is 0.481 e. The van der Waals surface area contributed by atoms with Gasteiger partial charge in [-0.3, -0.25) is 4.79 Å². The highest BCUT2D eigenvalue weighted by Crippen LogP contribution is 2.46. The van der Waals surface area contributed by atoms with Crippen molar-refractivity contribution in [2.75, 3.05) is 11.9 Å². The van der Waals surface area contributed by atoms with Crippen LogP contribution < -0.4 is 10.5 Å². The lowest BCUT2D eigenvalue weighted by molar-refractivity contribution is -0.142. The zero-order chi connectivity index (χ0) is 13.4. The van der Waals surface area contributed by atoms with Crippen LogP contribution in [0.4, 0.5) is 5.69 Å². The van der Waals surface area contributed by atoms with Crippen molar-refractivity contribution in [1.82, 2.24) is 0 Å². The third kappa shape index (κ3) is 2.46. The Hall–Kier alpha value is -1.60. The van der Waals surface area contributed by atoms with E-state index in [4.69, 9.17) is 10.2 Å². The van der Waals surface area contributed by atoms with E-state index in [9.17, 15) is 13.2 Å². The number of aliphatic carboxylic acids is 1. The fourth-order valence-electron chi connectivity index (χ4n) is 1.74. The Morgan fingerprint density at radius 1 is 1.39 bits per heavy atom. The molecule has 0 heterocycles. The number of benzene rings is 1. The maximum absolute atomic E-state index is 11.3. The molecular formula is C11H14N2O4S. The number of sulfonamides is 1. The molecule has 0 atom stereocenters. The Morgan fingerprint density at radius 2 is 2.00 bits per heavy atom. The number of hydrogen-bond acceptors (Lipinski definition) is 4. The molecule has 0 spiro atoms. The summed E-state index contributed by atoms with van der Waals surface area (Å²) in [7, 11) is -3.81. The second-order valence-electron chi connectivity index (χ2n) is 4.48. The Balaban J connectivity index is 2.18. The minimum absolute atomic E-state index is 0.0220. The number of hydrogen-bond donors (Lipinski definition) is 3. The van der Waals surface area contributed by atoms with Gasteiger partial charge in [0, 0.05) is 6.54 Å². The predicted octanol–water partition coefficient (Wildman–Crippen LogP) is 0.611. The zero-order valence-electron chi connectivity index (χ0n) is 9.59. The molecule has 6 nitrogen and oxygen atoms in total. The summed E-state index contributed by atoms with van der Waals surface area (Å²) in [6, 6.07) is 6.18. The number of carboxylic acids is 1. The van der Waals surface area contributed by atoms with E-state index in [1.165, 1.54) is 6.07 Å². The van der Waals surface area contributed by atoms with Gasteiger partial charge in [0.25, 0.3) is 0 Å². The van der Waals surface area contributed by atoms with E-state index in [1.807, 2.05) is 0 Å². The third-order valence-corrected chi connectivity index (χ3v) is 4.09. The van der Waals surface area contributed by atoms with Gasteiger partial charge in [0.15, 0.2) is 0 Å². The van der Waals surface area contributed by atoms with Crippen LogP contribution in [0.1, 0.15) is 12.8 Å². The smallest absolute Gasteiger partial charge is 0.311 e. The monoisotopic (exact) mass is 270 g/mol. The summed E-state index contributed by atoms with van der Waals surface area (Å²) in [5.74, 6) is -0.858. The minimum Gasteiger partial charge on any atom is -0.481 e. The first-order valence-corrected chi connectivity index (χ1v) is 6.99. The van der Waals surface area contributed by atoms with Crippen molar-refractivity contribution in [3.63, 3.8) is 0 Å². The molecule has 0 radical (unpaired) electrons. The molecule has 1 aliphatic rings. The van der Waals surface area contributed by atoms with Crippen molar-refractivity contribution in [3.05, 3.63) is 24.3 Å². The molecule has 2 rings (SSSR count). The minimum atomic E-state index is -3.81. The number of rotatable bonds is 5. The van der Waals surface area contributed by atoms with Gasteiger partial charge in [-0.2, -0.15) is 0 Å². The third-order valence-electron chi connectivity index (χ3n) is 3.12. The molecule has 0 aromatic heterocycles. The van der Waals surface area contributed by atoms with Crippen LogP contribution in [0, 0.1) is 5.41 Å². The van der Waals surface area contributed by atoms with Crippen molar-refractivity contribution >= 4 is 21.7 Å². The van der Waals surface area contributed by atoms with Gasteiger partial charge < -0.3 is 10.4 Å². The molecule has 0 bridgehead atoms. The Labute approximate surface area is 105 Å². The molecule has 7 heteroatoms. The van der Waals surface area contributed by atoms with Crippen LogP contribution in [0.15, 0.2) is 29.2 Å². The van der Waals surface area contributed by atoms with Crippen molar-refractivity contribution in [2.24, 2.45) is 10.6 Å². The van der Waals surface area contributed by atoms with Crippen molar-refractivity contribution < 1.29 is 18.3 Å². The molecule has 0 saturated heterocycles. The molecular weight excluding hydrogens is 256 g/mol. The first-order chi connectivity index (χ1) is 8.35. The first kappa shape index (κ1) is 12.8. The lowest BCUT2D eigenvalue weighted by Gasteiger charge is -2.14. The highest BCUT2D eigenvalue weighted by molar-refractivity contribution is 7.89. The van der Waals surface area contributed by atoms with E-state index in [2.05, 4.69) is 5.32 Å². The van der Waals surface area contributed by atoms with Crippen LogP contribution in [0.5, 0.6) is 0 Å². The van der Waals surface area contributed by atoms with Crippen LogP contribution in [0.25, 0.3) is 0 Å². The Kier molecular flexibility index (Phi) is 3.04. The maximum Gasteiger partial charge on any atom is 0.311 e. The van der Waals surface area contributed by atoms with Crippen LogP contribution in [0.2, 0.25) is 0 Å².